The Bertz CT molecular complexity index is 1100. The number of anilines is 1. The number of esters is 2. The summed E-state index contributed by atoms with van der Waals surface area (Å²) in [6.45, 7) is -0.357. The van der Waals surface area contributed by atoms with Gasteiger partial charge in [0.1, 0.15) is 18.1 Å². The summed E-state index contributed by atoms with van der Waals surface area (Å²) >= 11 is 12.5. The van der Waals surface area contributed by atoms with Crippen LogP contribution in [0.25, 0.3) is 0 Å². The van der Waals surface area contributed by atoms with Crippen molar-refractivity contribution in [3.63, 3.8) is 0 Å². The molecule has 1 aromatic carbocycles. The fraction of sp³-hybridized carbons (Fsp3) is 0.250. The molecule has 0 radical (unpaired) electrons. The number of ether oxygens (including phenoxy) is 4. The number of hydrogen-bond acceptors (Lipinski definition) is 8. The minimum Gasteiger partial charge on any atom is -0.466 e. The fourth-order valence-electron chi connectivity index (χ4n) is 2.88. The number of rotatable bonds is 5. The first-order valence-electron chi connectivity index (χ1n) is 9.03. The van der Waals surface area contributed by atoms with Crippen molar-refractivity contribution in [3.8, 4) is 11.6 Å². The van der Waals surface area contributed by atoms with Crippen molar-refractivity contribution in [2.24, 2.45) is 0 Å². The second-order valence-corrected chi connectivity index (χ2v) is 7.23. The molecule has 1 aliphatic heterocycles. The lowest BCUT2D eigenvalue weighted by molar-refractivity contribution is -0.141. The predicted octanol–water partition coefficient (Wildman–Crippen LogP) is 4.59. The Morgan fingerprint density at radius 2 is 1.73 bits per heavy atom. The van der Waals surface area contributed by atoms with Crippen molar-refractivity contribution in [1.29, 1.82) is 0 Å². The maximum Gasteiger partial charge on any atom is 0.433 e. The van der Waals surface area contributed by atoms with E-state index in [4.69, 9.17) is 42.1 Å². The van der Waals surface area contributed by atoms with Gasteiger partial charge >= 0.3 is 18.1 Å². The first-order chi connectivity index (χ1) is 15.6. The summed E-state index contributed by atoms with van der Waals surface area (Å²) < 4.78 is 59.0. The lowest BCUT2D eigenvalue weighted by Gasteiger charge is -2.31. The molecule has 0 spiro atoms. The third-order valence-corrected chi connectivity index (χ3v) is 4.91. The zero-order valence-corrected chi connectivity index (χ0v) is 18.5. The highest BCUT2D eigenvalue weighted by Crippen LogP contribution is 2.41. The lowest BCUT2D eigenvalue weighted by atomic mass is 10.1. The van der Waals surface area contributed by atoms with E-state index in [2.05, 4.69) is 4.98 Å². The summed E-state index contributed by atoms with van der Waals surface area (Å²) in [4.78, 5) is 29.2. The Morgan fingerprint density at radius 3 is 2.30 bits per heavy atom. The first kappa shape index (κ1) is 24.6. The van der Waals surface area contributed by atoms with Gasteiger partial charge in [0.15, 0.2) is 5.75 Å². The largest absolute Gasteiger partial charge is 0.466 e. The van der Waals surface area contributed by atoms with E-state index in [1.165, 1.54) is 23.1 Å². The van der Waals surface area contributed by atoms with Crippen molar-refractivity contribution in [2.45, 2.75) is 6.18 Å². The maximum absolute atomic E-state index is 12.9. The number of nitrogens with zero attached hydrogens (tertiary/aromatic N) is 2. The van der Waals surface area contributed by atoms with Gasteiger partial charge in [-0.3, -0.25) is 0 Å². The van der Waals surface area contributed by atoms with Crippen LogP contribution in [0.1, 0.15) is 5.69 Å². The number of carbonyl (C=O) groups excluding carboxylic acids is 2. The molecule has 0 amide bonds. The quantitative estimate of drug-likeness (QED) is 0.544. The number of halogens is 5. The van der Waals surface area contributed by atoms with Crippen LogP contribution < -0.4 is 9.64 Å². The Morgan fingerprint density at radius 1 is 1.09 bits per heavy atom. The molecule has 0 unspecified atom stereocenters. The van der Waals surface area contributed by atoms with Gasteiger partial charge in [-0.2, -0.15) is 13.2 Å². The second-order valence-electron chi connectivity index (χ2n) is 6.42. The third kappa shape index (κ3) is 5.32. The van der Waals surface area contributed by atoms with Gasteiger partial charge in [-0.05, 0) is 18.2 Å². The van der Waals surface area contributed by atoms with Gasteiger partial charge in [-0.1, -0.05) is 29.3 Å². The van der Waals surface area contributed by atoms with E-state index in [1.807, 2.05) is 0 Å². The molecule has 0 saturated heterocycles. The molecule has 3 rings (SSSR count). The van der Waals surface area contributed by atoms with Crippen LogP contribution in [0.15, 0.2) is 41.6 Å². The molecule has 0 aliphatic carbocycles. The normalized spacial score (nSPS) is 14.2. The highest BCUT2D eigenvalue weighted by Gasteiger charge is 2.34. The molecular formula is C20H15Cl2F3N2O6. The number of alkyl halides is 3. The molecule has 0 atom stereocenters. The van der Waals surface area contributed by atoms with Crippen LogP contribution in [0.5, 0.6) is 11.6 Å². The Hall–Kier alpha value is -3.02. The fourth-order valence-corrected chi connectivity index (χ4v) is 3.43. The van der Waals surface area contributed by atoms with Gasteiger partial charge < -0.3 is 23.8 Å². The average molecular weight is 507 g/mol. The summed E-state index contributed by atoms with van der Waals surface area (Å²) in [5, 5.41) is -0.211. The number of pyridine rings is 1. The Kier molecular flexibility index (Phi) is 7.35. The van der Waals surface area contributed by atoms with Crippen LogP contribution in [0.4, 0.5) is 18.9 Å². The van der Waals surface area contributed by atoms with E-state index < -0.39 is 23.8 Å². The second kappa shape index (κ2) is 9.86. The molecule has 33 heavy (non-hydrogen) atoms. The SMILES string of the molecule is COC(=O)C1=C(C(=O)OC)N(c2cc(Cl)c(Oc3cccc(C(F)(F)F)n3)c(Cl)c2)COC1. The summed E-state index contributed by atoms with van der Waals surface area (Å²) in [7, 11) is 2.28. The van der Waals surface area contributed by atoms with Crippen molar-refractivity contribution in [2.75, 3.05) is 32.5 Å². The van der Waals surface area contributed by atoms with E-state index in [1.54, 1.807) is 0 Å². The molecule has 2 heterocycles. The molecule has 176 valence electrons. The van der Waals surface area contributed by atoms with Crippen LogP contribution in [0, 0.1) is 0 Å². The number of hydrogen-bond donors (Lipinski definition) is 0. The molecule has 0 saturated carbocycles. The standard InChI is InChI=1S/C20H15Cl2F3N2O6/c1-30-18(28)11-8-32-9-27(16(11)19(29)31-2)10-6-12(21)17(13(22)7-10)33-15-5-3-4-14(26-15)20(23,24)25/h3-7H,8-9H2,1-2H3. The van der Waals surface area contributed by atoms with E-state index in [0.717, 1.165) is 26.4 Å². The number of carbonyl (C=O) groups is 2. The number of methoxy groups -OCH3 is 2. The van der Waals surface area contributed by atoms with Crippen LogP contribution >= 0.6 is 23.2 Å². The van der Waals surface area contributed by atoms with Gasteiger partial charge in [0.2, 0.25) is 5.88 Å². The van der Waals surface area contributed by atoms with Crippen molar-refractivity contribution in [1.82, 2.24) is 4.98 Å². The average Bonchev–Trinajstić information content (AvgIpc) is 2.79. The first-order valence-corrected chi connectivity index (χ1v) is 9.78. The van der Waals surface area contributed by atoms with Gasteiger partial charge in [0.25, 0.3) is 0 Å². The van der Waals surface area contributed by atoms with E-state index in [-0.39, 0.29) is 52.0 Å². The smallest absolute Gasteiger partial charge is 0.433 e. The molecule has 13 heteroatoms. The van der Waals surface area contributed by atoms with Crippen LogP contribution in [0.3, 0.4) is 0 Å². The molecule has 0 N–H and O–H groups in total. The minimum atomic E-state index is -4.67. The van der Waals surface area contributed by atoms with E-state index in [0.29, 0.717) is 0 Å². The van der Waals surface area contributed by atoms with Crippen LogP contribution in [-0.2, 0) is 30.0 Å². The summed E-state index contributed by atoms with van der Waals surface area (Å²) in [5.41, 5.74) is -1.17. The maximum atomic E-state index is 12.9. The van der Waals surface area contributed by atoms with Crippen molar-refractivity contribution < 1.29 is 41.7 Å². The molecular weight excluding hydrogens is 492 g/mol. The molecule has 1 aromatic heterocycles. The van der Waals surface area contributed by atoms with Gasteiger partial charge in [0.05, 0.1) is 36.4 Å². The molecule has 0 fully saturated rings. The number of benzene rings is 1. The van der Waals surface area contributed by atoms with Crippen LogP contribution in [-0.4, -0.2) is 44.5 Å². The summed E-state index contributed by atoms with van der Waals surface area (Å²) in [6, 6.07) is 5.75. The molecule has 1 aliphatic rings. The summed E-state index contributed by atoms with van der Waals surface area (Å²) in [6.07, 6.45) is -4.67. The van der Waals surface area contributed by atoms with Gasteiger partial charge in [-0.15, -0.1) is 0 Å². The van der Waals surface area contributed by atoms with Crippen molar-refractivity contribution in [3.05, 3.63) is 57.3 Å². The van der Waals surface area contributed by atoms with Gasteiger partial charge in [-0.25, -0.2) is 14.6 Å². The summed E-state index contributed by atoms with van der Waals surface area (Å²) in [5.74, 6) is -2.18. The number of aromatic nitrogens is 1. The third-order valence-electron chi connectivity index (χ3n) is 4.35. The Balaban J connectivity index is 2.00. The van der Waals surface area contributed by atoms with Gasteiger partial charge in [0, 0.05) is 11.8 Å². The predicted molar refractivity (Wildman–Crippen MR) is 110 cm³/mol. The minimum absolute atomic E-state index is 0.0867. The molecule has 8 nitrogen and oxygen atoms in total. The topological polar surface area (TPSA) is 87.2 Å². The highest BCUT2D eigenvalue weighted by molar-refractivity contribution is 6.37. The zero-order valence-electron chi connectivity index (χ0n) is 17.0. The Labute approximate surface area is 195 Å². The van der Waals surface area contributed by atoms with E-state index in [9.17, 15) is 22.8 Å². The monoisotopic (exact) mass is 506 g/mol. The highest BCUT2D eigenvalue weighted by atomic mass is 35.5. The van der Waals surface area contributed by atoms with Crippen molar-refractivity contribution >= 4 is 40.8 Å². The molecule has 0 bridgehead atoms. The lowest BCUT2D eigenvalue weighted by Crippen LogP contribution is -2.38. The van der Waals surface area contributed by atoms with E-state index >= 15 is 0 Å². The zero-order chi connectivity index (χ0) is 24.3. The van der Waals surface area contributed by atoms with Crippen LogP contribution in [0.2, 0.25) is 10.0 Å². The molecule has 2 aromatic rings.